The van der Waals surface area contributed by atoms with E-state index in [2.05, 4.69) is 5.32 Å². The van der Waals surface area contributed by atoms with Crippen molar-refractivity contribution < 1.29 is 24.0 Å². The van der Waals surface area contributed by atoms with Gasteiger partial charge in [0.15, 0.2) is 11.5 Å². The molecule has 0 aliphatic rings. The van der Waals surface area contributed by atoms with Crippen molar-refractivity contribution in [2.45, 2.75) is 4.90 Å². The van der Waals surface area contributed by atoms with Gasteiger partial charge < -0.3 is 20.5 Å². The van der Waals surface area contributed by atoms with E-state index in [1.165, 1.54) is 55.3 Å². The second-order valence-electron chi connectivity index (χ2n) is 6.54. The first-order valence-electron chi connectivity index (χ1n) is 9.40. The number of carbonyl (C=O) groups excluding carboxylic acids is 2. The van der Waals surface area contributed by atoms with E-state index in [1.807, 2.05) is 0 Å². The van der Waals surface area contributed by atoms with Crippen LogP contribution in [0.25, 0.3) is 0 Å². The number of rotatable bonds is 9. The summed E-state index contributed by atoms with van der Waals surface area (Å²) >= 11 is 7.05. The average Bonchev–Trinajstić information content (AvgIpc) is 2.79. The van der Waals surface area contributed by atoms with Crippen LogP contribution in [-0.4, -0.2) is 29.6 Å². The minimum absolute atomic E-state index is 0.0275. The van der Waals surface area contributed by atoms with Gasteiger partial charge in [0.2, 0.25) is 11.7 Å². The number of nitro groups is 1. The number of amides is 2. The number of nitrogens with one attached hydrogen (secondary N) is 1. The molecule has 0 aliphatic carbocycles. The Bertz CT molecular complexity index is 1220. The van der Waals surface area contributed by atoms with Gasteiger partial charge in [-0.3, -0.25) is 19.7 Å². The summed E-state index contributed by atoms with van der Waals surface area (Å²) in [5.41, 5.74) is 5.67. The number of primary amides is 1. The van der Waals surface area contributed by atoms with Crippen molar-refractivity contribution in [3.05, 3.63) is 81.4 Å². The Labute approximate surface area is 198 Å². The Morgan fingerprint density at radius 2 is 1.82 bits per heavy atom. The number of nitro benzene ring substituents is 1. The van der Waals surface area contributed by atoms with Crippen LogP contribution in [0.1, 0.15) is 10.4 Å². The van der Waals surface area contributed by atoms with Crippen LogP contribution in [0.5, 0.6) is 17.2 Å². The van der Waals surface area contributed by atoms with Gasteiger partial charge in [0.1, 0.15) is 0 Å². The predicted molar refractivity (Wildman–Crippen MR) is 125 cm³/mol. The zero-order valence-corrected chi connectivity index (χ0v) is 18.8. The minimum Gasteiger partial charge on any atom is -0.493 e. The zero-order chi connectivity index (χ0) is 24.0. The third-order valence-corrected chi connectivity index (χ3v) is 5.60. The maximum Gasteiger partial charge on any atom is 0.313 e. The molecule has 170 valence electrons. The highest BCUT2D eigenvalue weighted by Crippen LogP contribution is 2.38. The zero-order valence-electron chi connectivity index (χ0n) is 17.2. The van der Waals surface area contributed by atoms with Gasteiger partial charge in [-0.05, 0) is 42.5 Å². The quantitative estimate of drug-likeness (QED) is 0.249. The van der Waals surface area contributed by atoms with Crippen molar-refractivity contribution >= 4 is 46.6 Å². The first-order chi connectivity index (χ1) is 15.8. The fourth-order valence-electron chi connectivity index (χ4n) is 2.77. The molecule has 3 N–H and O–H groups in total. The van der Waals surface area contributed by atoms with Crippen LogP contribution in [0.3, 0.4) is 0 Å². The highest BCUT2D eigenvalue weighted by Gasteiger charge is 2.19. The molecule has 9 nitrogen and oxygen atoms in total. The van der Waals surface area contributed by atoms with Crippen LogP contribution >= 0.6 is 23.4 Å². The molecule has 3 aromatic carbocycles. The summed E-state index contributed by atoms with van der Waals surface area (Å²) in [6.07, 6.45) is 0. The summed E-state index contributed by atoms with van der Waals surface area (Å²) in [5.74, 6) is -0.476. The molecule has 0 atom stereocenters. The van der Waals surface area contributed by atoms with Crippen molar-refractivity contribution in [1.29, 1.82) is 0 Å². The summed E-state index contributed by atoms with van der Waals surface area (Å²) in [7, 11) is 1.38. The number of benzene rings is 3. The Kier molecular flexibility index (Phi) is 7.75. The molecule has 0 bridgehead atoms. The third-order valence-electron chi connectivity index (χ3n) is 4.27. The molecular weight excluding hydrogens is 470 g/mol. The van der Waals surface area contributed by atoms with Gasteiger partial charge >= 0.3 is 5.69 Å². The number of hydrogen-bond donors (Lipinski definition) is 2. The first kappa shape index (κ1) is 23.9. The van der Waals surface area contributed by atoms with Crippen molar-refractivity contribution in [2.75, 3.05) is 18.2 Å². The normalized spacial score (nSPS) is 10.4. The molecule has 0 aliphatic heterocycles. The SMILES string of the molecule is COc1cc(C(=O)Nc2ccccc2SCC(N)=O)ccc1Oc1ccc(Cl)cc1[N+](=O)[O-]. The van der Waals surface area contributed by atoms with Crippen LogP contribution in [0.15, 0.2) is 65.6 Å². The second-order valence-corrected chi connectivity index (χ2v) is 8.00. The fourth-order valence-corrected chi connectivity index (χ4v) is 3.68. The Balaban J connectivity index is 1.83. The Hall–Kier alpha value is -3.76. The van der Waals surface area contributed by atoms with Crippen molar-refractivity contribution in [2.24, 2.45) is 5.73 Å². The molecule has 0 spiro atoms. The van der Waals surface area contributed by atoms with Crippen molar-refractivity contribution in [3.8, 4) is 17.2 Å². The van der Waals surface area contributed by atoms with Gasteiger partial charge in [-0.25, -0.2) is 0 Å². The molecule has 11 heteroatoms. The van der Waals surface area contributed by atoms with E-state index in [0.717, 1.165) is 0 Å². The number of carbonyl (C=O) groups is 2. The number of thioether (sulfide) groups is 1. The standard InChI is InChI=1S/C22H18ClN3O6S/c1-31-19-10-13(22(28)25-15-4-2-3-5-20(15)33-12-21(24)27)6-8-18(19)32-17-9-7-14(23)11-16(17)26(29)30/h2-11H,12H2,1H3,(H2,24,27)(H,25,28). The van der Waals surface area contributed by atoms with Crippen molar-refractivity contribution in [3.63, 3.8) is 0 Å². The van der Waals surface area contributed by atoms with Gasteiger partial charge in [-0.1, -0.05) is 23.7 Å². The van der Waals surface area contributed by atoms with E-state index >= 15 is 0 Å². The summed E-state index contributed by atoms with van der Waals surface area (Å²) in [6.45, 7) is 0. The minimum atomic E-state index is -0.608. The molecule has 2 amide bonds. The van der Waals surface area contributed by atoms with Crippen LogP contribution in [0.2, 0.25) is 5.02 Å². The van der Waals surface area contributed by atoms with Crippen LogP contribution in [-0.2, 0) is 4.79 Å². The molecule has 0 fully saturated rings. The highest BCUT2D eigenvalue weighted by molar-refractivity contribution is 8.00. The molecule has 3 aromatic rings. The van der Waals surface area contributed by atoms with Crippen molar-refractivity contribution in [1.82, 2.24) is 0 Å². The number of halogens is 1. The van der Waals surface area contributed by atoms with E-state index < -0.39 is 16.7 Å². The first-order valence-corrected chi connectivity index (χ1v) is 10.8. The summed E-state index contributed by atoms with van der Waals surface area (Å²) in [6, 6.07) is 15.4. The number of methoxy groups -OCH3 is 1. The number of nitrogens with two attached hydrogens (primary N) is 1. The van der Waals surface area contributed by atoms with E-state index in [-0.39, 0.29) is 39.3 Å². The predicted octanol–water partition coefficient (Wildman–Crippen LogP) is 4.88. The fraction of sp³-hybridized carbons (Fsp3) is 0.0909. The number of ether oxygens (including phenoxy) is 2. The molecule has 0 radical (unpaired) electrons. The van der Waals surface area contributed by atoms with E-state index in [0.29, 0.717) is 10.6 Å². The van der Waals surface area contributed by atoms with Gasteiger partial charge in [-0.2, -0.15) is 0 Å². The van der Waals surface area contributed by atoms with Gasteiger partial charge in [0, 0.05) is 21.5 Å². The lowest BCUT2D eigenvalue weighted by molar-refractivity contribution is -0.385. The molecule has 33 heavy (non-hydrogen) atoms. The highest BCUT2D eigenvalue weighted by atomic mass is 35.5. The van der Waals surface area contributed by atoms with E-state index in [1.54, 1.807) is 24.3 Å². The monoisotopic (exact) mass is 487 g/mol. The molecular formula is C22H18ClN3O6S. The topological polar surface area (TPSA) is 134 Å². The summed E-state index contributed by atoms with van der Waals surface area (Å²) in [4.78, 5) is 35.3. The van der Waals surface area contributed by atoms with Crippen LogP contribution in [0.4, 0.5) is 11.4 Å². The maximum absolute atomic E-state index is 12.8. The number of nitrogens with zero attached hydrogens (tertiary/aromatic N) is 1. The lowest BCUT2D eigenvalue weighted by atomic mass is 10.1. The lowest BCUT2D eigenvalue weighted by Crippen LogP contribution is -2.14. The lowest BCUT2D eigenvalue weighted by Gasteiger charge is -2.13. The molecule has 0 saturated carbocycles. The number of hydrogen-bond acceptors (Lipinski definition) is 7. The average molecular weight is 488 g/mol. The summed E-state index contributed by atoms with van der Waals surface area (Å²) < 4.78 is 11.0. The Morgan fingerprint density at radius 3 is 2.52 bits per heavy atom. The van der Waals surface area contributed by atoms with E-state index in [4.69, 9.17) is 26.8 Å². The third kappa shape index (κ3) is 6.15. The number of anilines is 1. The van der Waals surface area contributed by atoms with Gasteiger partial charge in [-0.15, -0.1) is 11.8 Å². The van der Waals surface area contributed by atoms with Crippen LogP contribution < -0.4 is 20.5 Å². The Morgan fingerprint density at radius 1 is 1.09 bits per heavy atom. The van der Waals surface area contributed by atoms with Gasteiger partial charge in [0.25, 0.3) is 5.91 Å². The van der Waals surface area contributed by atoms with Gasteiger partial charge in [0.05, 0.1) is 23.5 Å². The smallest absolute Gasteiger partial charge is 0.313 e. The maximum atomic E-state index is 12.8. The molecule has 0 aromatic heterocycles. The molecule has 0 heterocycles. The summed E-state index contributed by atoms with van der Waals surface area (Å²) in [5, 5.41) is 14.3. The molecule has 3 rings (SSSR count). The molecule has 0 saturated heterocycles. The van der Waals surface area contributed by atoms with Crippen LogP contribution in [0, 0.1) is 10.1 Å². The number of para-hydroxylation sites is 1. The second kappa shape index (κ2) is 10.7. The van der Waals surface area contributed by atoms with E-state index in [9.17, 15) is 19.7 Å². The largest absolute Gasteiger partial charge is 0.493 e. The molecule has 0 unspecified atom stereocenters.